The molecule has 7 nitrogen and oxygen atoms in total. The van der Waals surface area contributed by atoms with Crippen LogP contribution in [0.1, 0.15) is 42.7 Å². The van der Waals surface area contributed by atoms with Crippen molar-refractivity contribution in [3.8, 4) is 11.1 Å². The Kier molecular flexibility index (Phi) is 7.10. The van der Waals surface area contributed by atoms with E-state index in [2.05, 4.69) is 25.1 Å². The first-order valence-electron chi connectivity index (χ1n) is 13.3. The fraction of sp³-hybridized carbons (Fsp3) is 0.467. The maximum Gasteiger partial charge on any atom is 0.271 e. The Balaban J connectivity index is 1.63. The van der Waals surface area contributed by atoms with Gasteiger partial charge in [-0.2, -0.15) is 0 Å². The van der Waals surface area contributed by atoms with Crippen molar-refractivity contribution in [3.05, 3.63) is 59.8 Å². The second-order valence-corrected chi connectivity index (χ2v) is 10.8. The Hall–Kier alpha value is -3.16. The first kappa shape index (κ1) is 25.5. The van der Waals surface area contributed by atoms with Crippen molar-refractivity contribution in [3.63, 3.8) is 0 Å². The number of likely N-dealkylation sites (N-methyl/N-ethyl adjacent to an activating group) is 1. The minimum absolute atomic E-state index is 0.0594. The molecule has 0 spiro atoms. The Labute approximate surface area is 218 Å². The molecule has 2 aliphatic rings. The first-order chi connectivity index (χ1) is 17.8. The number of carbonyl (C=O) groups is 2. The van der Waals surface area contributed by atoms with Gasteiger partial charge in [0.05, 0.1) is 25.4 Å². The molecule has 1 fully saturated rings. The molecule has 3 aromatic rings. The van der Waals surface area contributed by atoms with Gasteiger partial charge in [-0.1, -0.05) is 49.4 Å². The highest BCUT2D eigenvalue weighted by Gasteiger charge is 2.36. The molecule has 1 aromatic heterocycles. The number of para-hydroxylation sites is 1. The van der Waals surface area contributed by atoms with Crippen LogP contribution in [0.2, 0.25) is 0 Å². The van der Waals surface area contributed by atoms with Crippen LogP contribution < -0.4 is 0 Å². The molecule has 196 valence electrons. The largest absolute Gasteiger partial charge is 0.394 e. The van der Waals surface area contributed by atoms with Gasteiger partial charge in [-0.15, -0.1) is 0 Å². The number of aliphatic hydroxyl groups excluding tert-OH is 1. The number of amides is 2. The summed E-state index contributed by atoms with van der Waals surface area (Å²) in [4.78, 5) is 30.6. The van der Waals surface area contributed by atoms with E-state index in [0.717, 1.165) is 40.4 Å². The van der Waals surface area contributed by atoms with Crippen molar-refractivity contribution in [2.45, 2.75) is 45.4 Å². The van der Waals surface area contributed by atoms with E-state index in [9.17, 15) is 14.7 Å². The second kappa shape index (κ2) is 10.3. The van der Waals surface area contributed by atoms with Crippen molar-refractivity contribution < 1.29 is 19.4 Å². The van der Waals surface area contributed by atoms with Crippen LogP contribution in [0.3, 0.4) is 0 Å². The topological polar surface area (TPSA) is 75.0 Å². The number of aromatic nitrogens is 1. The molecule has 0 radical (unpaired) electrons. The monoisotopic (exact) mass is 503 g/mol. The number of hydrogen-bond acceptors (Lipinski definition) is 4. The molecular weight excluding hydrogens is 466 g/mol. The fourth-order valence-electron chi connectivity index (χ4n) is 5.53. The Morgan fingerprint density at radius 2 is 1.86 bits per heavy atom. The van der Waals surface area contributed by atoms with Gasteiger partial charge in [0.1, 0.15) is 5.69 Å². The van der Waals surface area contributed by atoms with Gasteiger partial charge in [-0.05, 0) is 37.0 Å². The number of fused-ring (bicyclic) bond motifs is 5. The molecule has 2 aromatic carbocycles. The van der Waals surface area contributed by atoms with Crippen molar-refractivity contribution in [1.82, 2.24) is 14.4 Å². The van der Waals surface area contributed by atoms with E-state index in [4.69, 9.17) is 4.74 Å². The number of benzene rings is 2. The highest BCUT2D eigenvalue weighted by atomic mass is 16.5. The summed E-state index contributed by atoms with van der Waals surface area (Å²) in [6, 6.07) is 15.8. The summed E-state index contributed by atoms with van der Waals surface area (Å²) in [6.07, 6.45) is 1.65. The molecule has 0 bridgehead atoms. The normalized spacial score (nSPS) is 21.2. The maximum atomic E-state index is 14.3. The lowest BCUT2D eigenvalue weighted by Crippen LogP contribution is -2.48. The van der Waals surface area contributed by atoms with Gasteiger partial charge < -0.3 is 24.2 Å². The molecule has 1 N–H and O–H groups in total. The summed E-state index contributed by atoms with van der Waals surface area (Å²) >= 11 is 0. The Morgan fingerprint density at radius 1 is 1.16 bits per heavy atom. The summed E-state index contributed by atoms with van der Waals surface area (Å²) in [5.74, 6) is 0.135. The molecule has 1 aliphatic carbocycles. The second-order valence-electron chi connectivity index (χ2n) is 10.8. The van der Waals surface area contributed by atoms with E-state index in [0.29, 0.717) is 25.4 Å². The molecule has 0 saturated heterocycles. The van der Waals surface area contributed by atoms with E-state index in [1.165, 1.54) is 0 Å². The number of aliphatic hydroxyl groups is 1. The van der Waals surface area contributed by atoms with Gasteiger partial charge in [0.25, 0.3) is 5.91 Å². The molecule has 7 heteroatoms. The molecule has 1 saturated carbocycles. The van der Waals surface area contributed by atoms with Gasteiger partial charge in [0.15, 0.2) is 0 Å². The Morgan fingerprint density at radius 3 is 2.59 bits per heavy atom. The van der Waals surface area contributed by atoms with Crippen molar-refractivity contribution in [2.75, 3.05) is 26.7 Å². The predicted molar refractivity (Wildman–Crippen MR) is 144 cm³/mol. The molecule has 0 unspecified atom stereocenters. The summed E-state index contributed by atoms with van der Waals surface area (Å²) in [7, 11) is 3.78. The number of nitrogens with zero attached hydrogens (tertiary/aromatic N) is 3. The van der Waals surface area contributed by atoms with Crippen molar-refractivity contribution in [2.24, 2.45) is 18.9 Å². The average Bonchev–Trinajstić information content (AvgIpc) is 3.72. The third kappa shape index (κ3) is 4.78. The quantitative estimate of drug-likeness (QED) is 0.570. The van der Waals surface area contributed by atoms with Crippen LogP contribution in [-0.4, -0.2) is 70.2 Å². The van der Waals surface area contributed by atoms with E-state index < -0.39 is 0 Å². The number of hydrogen-bond donors (Lipinski definition) is 1. The van der Waals surface area contributed by atoms with Crippen LogP contribution in [0, 0.1) is 11.8 Å². The summed E-state index contributed by atoms with van der Waals surface area (Å²) in [5, 5.41) is 11.1. The zero-order valence-electron chi connectivity index (χ0n) is 22.2. The van der Waals surface area contributed by atoms with E-state index in [1.807, 2.05) is 55.9 Å². The van der Waals surface area contributed by atoms with E-state index in [-0.39, 0.29) is 42.4 Å². The predicted octanol–water partition coefficient (Wildman–Crippen LogP) is 4.07. The summed E-state index contributed by atoms with van der Waals surface area (Å²) < 4.78 is 8.54. The smallest absolute Gasteiger partial charge is 0.271 e. The number of carbonyl (C=O) groups excluding carboxylic acids is 2. The van der Waals surface area contributed by atoms with Crippen molar-refractivity contribution >= 4 is 22.7 Å². The van der Waals surface area contributed by atoms with Crippen LogP contribution in [0.15, 0.2) is 48.5 Å². The van der Waals surface area contributed by atoms with Crippen LogP contribution in [0.5, 0.6) is 0 Å². The zero-order valence-corrected chi connectivity index (χ0v) is 22.2. The lowest BCUT2D eigenvalue weighted by atomic mass is 9.96. The van der Waals surface area contributed by atoms with Gasteiger partial charge in [0.2, 0.25) is 5.91 Å². The van der Waals surface area contributed by atoms with Crippen LogP contribution >= 0.6 is 0 Å². The van der Waals surface area contributed by atoms with Gasteiger partial charge in [0, 0.05) is 55.5 Å². The zero-order chi connectivity index (χ0) is 26.3. The average molecular weight is 504 g/mol. The summed E-state index contributed by atoms with van der Waals surface area (Å²) in [5.41, 5.74) is 4.46. The highest BCUT2D eigenvalue weighted by Crippen LogP contribution is 2.38. The maximum absolute atomic E-state index is 14.3. The van der Waals surface area contributed by atoms with E-state index in [1.54, 1.807) is 9.80 Å². The molecule has 37 heavy (non-hydrogen) atoms. The SMILES string of the molecule is C[C@@H]1CN([C@H](C)CO)C(=O)c2c(c3ccccc3n2C)-c2ccccc2CO[C@@H]1CN(C)C(=O)C1CC1. The Bertz CT molecular complexity index is 1310. The third-order valence-electron chi connectivity index (χ3n) is 7.98. The van der Waals surface area contributed by atoms with Gasteiger partial charge in [-0.3, -0.25) is 9.59 Å². The lowest BCUT2D eigenvalue weighted by molar-refractivity contribution is -0.134. The molecule has 1 aliphatic heterocycles. The fourth-order valence-corrected chi connectivity index (χ4v) is 5.53. The molecule has 2 amide bonds. The minimum atomic E-state index is -0.372. The summed E-state index contributed by atoms with van der Waals surface area (Å²) in [6.45, 7) is 5.05. The van der Waals surface area contributed by atoms with Crippen LogP contribution in [0.25, 0.3) is 22.0 Å². The number of rotatable bonds is 5. The van der Waals surface area contributed by atoms with Crippen molar-refractivity contribution in [1.29, 1.82) is 0 Å². The number of ether oxygens (including phenoxy) is 1. The molecular formula is C30H37N3O4. The first-order valence-corrected chi connectivity index (χ1v) is 13.3. The van der Waals surface area contributed by atoms with Gasteiger partial charge in [-0.25, -0.2) is 0 Å². The van der Waals surface area contributed by atoms with Crippen LogP contribution in [0.4, 0.5) is 0 Å². The molecule has 5 rings (SSSR count). The third-order valence-corrected chi connectivity index (χ3v) is 7.98. The van der Waals surface area contributed by atoms with Gasteiger partial charge >= 0.3 is 0 Å². The molecule has 2 heterocycles. The molecule has 3 atom stereocenters. The lowest BCUT2D eigenvalue weighted by Gasteiger charge is -2.35. The standard InChI is InChI=1S/C30H37N3O4/c1-19-15-33(20(2)17-34)30(36)28-27(24-11-7-8-12-25(24)32(28)4)23-10-6-5-9-22(23)18-37-26(19)16-31(3)29(35)21-13-14-21/h5-12,19-21,26,34H,13-18H2,1-4H3/t19-,20-,26-/m1/s1. The van der Waals surface area contributed by atoms with Crippen LogP contribution in [-0.2, 0) is 23.2 Å². The van der Waals surface area contributed by atoms with E-state index >= 15 is 0 Å². The highest BCUT2D eigenvalue weighted by molar-refractivity contribution is 6.10. The number of aryl methyl sites for hydroxylation is 1. The minimum Gasteiger partial charge on any atom is -0.394 e.